The van der Waals surface area contributed by atoms with Crippen LogP contribution in [-0.2, 0) is 11.3 Å². The van der Waals surface area contributed by atoms with E-state index in [-0.39, 0.29) is 11.9 Å². The maximum Gasteiger partial charge on any atom is 0.236 e. The van der Waals surface area contributed by atoms with Crippen LogP contribution in [0.15, 0.2) is 24.3 Å². The summed E-state index contributed by atoms with van der Waals surface area (Å²) in [5.41, 5.74) is 1.52. The van der Waals surface area contributed by atoms with Gasteiger partial charge in [0.05, 0.1) is 18.2 Å². The Labute approximate surface area is 115 Å². The topological polar surface area (TPSA) is 56.1 Å². The molecule has 0 aliphatic heterocycles. The van der Waals surface area contributed by atoms with E-state index in [4.69, 9.17) is 5.26 Å². The lowest BCUT2D eigenvalue weighted by atomic mass is 10.1. The molecule has 1 rings (SSSR count). The predicted molar refractivity (Wildman–Crippen MR) is 75.4 cm³/mol. The minimum atomic E-state index is 0.0592. The number of likely N-dealkylation sites (N-methyl/N-ethyl adjacent to an activating group) is 1. The van der Waals surface area contributed by atoms with Gasteiger partial charge in [0.15, 0.2) is 0 Å². The Morgan fingerprint density at radius 2 is 2.11 bits per heavy atom. The summed E-state index contributed by atoms with van der Waals surface area (Å²) in [6.07, 6.45) is 0. The van der Waals surface area contributed by atoms with Crippen molar-refractivity contribution in [1.29, 1.82) is 5.26 Å². The number of hydrogen-bond donors (Lipinski definition) is 1. The molecule has 0 aliphatic rings. The second-order valence-corrected chi connectivity index (χ2v) is 4.71. The third-order valence-electron chi connectivity index (χ3n) is 2.89. The van der Waals surface area contributed by atoms with Crippen LogP contribution >= 0.6 is 0 Å². The average molecular weight is 259 g/mol. The molecule has 0 bridgehead atoms. The summed E-state index contributed by atoms with van der Waals surface area (Å²) in [5.74, 6) is 0.0592. The average Bonchev–Trinajstić information content (AvgIpc) is 2.42. The third kappa shape index (κ3) is 4.72. The highest BCUT2D eigenvalue weighted by Gasteiger charge is 2.13. The Hall–Kier alpha value is -1.86. The molecular formula is C15H21N3O. The minimum Gasteiger partial charge on any atom is -0.337 e. The molecule has 0 atom stereocenters. The monoisotopic (exact) mass is 259 g/mol. The number of nitriles is 1. The normalized spacial score (nSPS) is 10.3. The first-order valence-corrected chi connectivity index (χ1v) is 6.57. The van der Waals surface area contributed by atoms with E-state index in [9.17, 15) is 4.79 Å². The fourth-order valence-electron chi connectivity index (χ4n) is 1.75. The van der Waals surface area contributed by atoms with E-state index >= 15 is 0 Å². The number of hydrogen-bond acceptors (Lipinski definition) is 3. The summed E-state index contributed by atoms with van der Waals surface area (Å²) in [4.78, 5) is 13.8. The van der Waals surface area contributed by atoms with Crippen molar-refractivity contribution in [3.8, 4) is 6.07 Å². The Kier molecular flexibility index (Phi) is 6.04. The summed E-state index contributed by atoms with van der Waals surface area (Å²) in [5, 5.41) is 12.2. The van der Waals surface area contributed by atoms with Crippen LogP contribution in [0.25, 0.3) is 0 Å². The molecule has 102 valence electrons. The molecule has 1 amide bonds. The molecule has 0 saturated carbocycles. The number of nitrogens with zero attached hydrogens (tertiary/aromatic N) is 2. The van der Waals surface area contributed by atoms with Crippen LogP contribution in [0.5, 0.6) is 0 Å². The molecular weight excluding hydrogens is 238 g/mol. The molecule has 0 aromatic heterocycles. The van der Waals surface area contributed by atoms with Gasteiger partial charge >= 0.3 is 0 Å². The second kappa shape index (κ2) is 7.55. The second-order valence-electron chi connectivity index (χ2n) is 4.71. The van der Waals surface area contributed by atoms with Crippen molar-refractivity contribution in [2.75, 3.05) is 13.1 Å². The zero-order valence-corrected chi connectivity index (χ0v) is 11.8. The van der Waals surface area contributed by atoms with E-state index in [2.05, 4.69) is 11.4 Å². The maximum atomic E-state index is 12.1. The highest BCUT2D eigenvalue weighted by atomic mass is 16.2. The van der Waals surface area contributed by atoms with Crippen molar-refractivity contribution in [3.05, 3.63) is 35.4 Å². The van der Waals surface area contributed by atoms with Gasteiger partial charge in [0.25, 0.3) is 0 Å². The van der Waals surface area contributed by atoms with Crippen molar-refractivity contribution >= 4 is 5.91 Å². The van der Waals surface area contributed by atoms with Crippen molar-refractivity contribution in [2.45, 2.75) is 33.4 Å². The first kappa shape index (κ1) is 15.2. The molecule has 0 aliphatic carbocycles. The van der Waals surface area contributed by atoms with Crippen molar-refractivity contribution in [1.82, 2.24) is 10.2 Å². The molecule has 4 nitrogen and oxygen atoms in total. The molecule has 1 aromatic rings. The smallest absolute Gasteiger partial charge is 0.236 e. The van der Waals surface area contributed by atoms with Crippen molar-refractivity contribution in [3.63, 3.8) is 0 Å². The molecule has 0 heterocycles. The molecule has 0 fully saturated rings. The number of benzene rings is 1. The lowest BCUT2D eigenvalue weighted by molar-refractivity contribution is -0.130. The lowest BCUT2D eigenvalue weighted by Gasteiger charge is -2.22. The Balaban J connectivity index is 2.71. The molecule has 0 unspecified atom stereocenters. The van der Waals surface area contributed by atoms with Gasteiger partial charge in [0.1, 0.15) is 0 Å². The van der Waals surface area contributed by atoms with Crippen molar-refractivity contribution in [2.24, 2.45) is 0 Å². The fraction of sp³-hybridized carbons (Fsp3) is 0.467. The van der Waals surface area contributed by atoms with E-state index in [1.165, 1.54) is 0 Å². The van der Waals surface area contributed by atoms with Gasteiger partial charge < -0.3 is 10.2 Å². The van der Waals surface area contributed by atoms with Gasteiger partial charge in [-0.2, -0.15) is 5.26 Å². The standard InChI is InChI=1S/C15H21N3O/c1-4-18(15(19)10-17-12(2)3)11-14-8-6-5-7-13(14)9-16/h5-8,12,17H,4,10-11H2,1-3H3. The highest BCUT2D eigenvalue weighted by Crippen LogP contribution is 2.10. The number of rotatable bonds is 6. The van der Waals surface area contributed by atoms with Gasteiger partial charge in [-0.05, 0) is 18.6 Å². The van der Waals surface area contributed by atoms with E-state index in [1.807, 2.05) is 39.0 Å². The molecule has 0 radical (unpaired) electrons. The van der Waals surface area contributed by atoms with Crippen LogP contribution in [-0.4, -0.2) is 29.9 Å². The molecule has 4 heteroatoms. The SMILES string of the molecule is CCN(Cc1ccccc1C#N)C(=O)CNC(C)C. The van der Waals surface area contributed by atoms with E-state index in [1.54, 1.807) is 11.0 Å². The molecule has 1 aromatic carbocycles. The van der Waals surface area contributed by atoms with Crippen LogP contribution in [0.4, 0.5) is 0 Å². The van der Waals surface area contributed by atoms with Gasteiger partial charge in [-0.25, -0.2) is 0 Å². The van der Waals surface area contributed by atoms with Gasteiger partial charge in [0, 0.05) is 19.1 Å². The van der Waals surface area contributed by atoms with E-state index in [0.29, 0.717) is 25.2 Å². The van der Waals surface area contributed by atoms with E-state index in [0.717, 1.165) is 5.56 Å². The Morgan fingerprint density at radius 3 is 2.68 bits per heavy atom. The first-order chi connectivity index (χ1) is 9.08. The van der Waals surface area contributed by atoms with Crippen molar-refractivity contribution < 1.29 is 4.79 Å². The Bertz CT molecular complexity index is 463. The zero-order chi connectivity index (χ0) is 14.3. The van der Waals surface area contributed by atoms with Gasteiger partial charge in [-0.1, -0.05) is 32.0 Å². The third-order valence-corrected chi connectivity index (χ3v) is 2.89. The molecule has 0 spiro atoms. The summed E-state index contributed by atoms with van der Waals surface area (Å²) >= 11 is 0. The van der Waals surface area contributed by atoms with Crippen LogP contribution in [0.2, 0.25) is 0 Å². The number of nitrogens with one attached hydrogen (secondary N) is 1. The quantitative estimate of drug-likeness (QED) is 0.849. The van der Waals surface area contributed by atoms with Crippen LogP contribution in [0.3, 0.4) is 0 Å². The van der Waals surface area contributed by atoms with Gasteiger partial charge in [-0.3, -0.25) is 4.79 Å². The summed E-state index contributed by atoms with van der Waals surface area (Å²) in [6.45, 7) is 7.42. The highest BCUT2D eigenvalue weighted by molar-refractivity contribution is 5.78. The van der Waals surface area contributed by atoms with Gasteiger partial charge in [0.2, 0.25) is 5.91 Å². The Morgan fingerprint density at radius 1 is 1.42 bits per heavy atom. The fourth-order valence-corrected chi connectivity index (χ4v) is 1.75. The largest absolute Gasteiger partial charge is 0.337 e. The van der Waals surface area contributed by atoms with E-state index < -0.39 is 0 Å². The summed E-state index contributed by atoms with van der Waals surface area (Å²) in [7, 11) is 0. The summed E-state index contributed by atoms with van der Waals surface area (Å²) in [6, 6.07) is 9.84. The first-order valence-electron chi connectivity index (χ1n) is 6.57. The predicted octanol–water partition coefficient (Wildman–Crippen LogP) is 1.90. The lowest BCUT2D eigenvalue weighted by Crippen LogP contribution is -2.39. The number of carbonyl (C=O) groups is 1. The number of carbonyl (C=O) groups excluding carboxylic acids is 1. The van der Waals surface area contributed by atoms with Gasteiger partial charge in [-0.15, -0.1) is 0 Å². The molecule has 0 saturated heterocycles. The van der Waals surface area contributed by atoms with Crippen LogP contribution in [0.1, 0.15) is 31.9 Å². The van der Waals surface area contributed by atoms with Crippen LogP contribution < -0.4 is 5.32 Å². The summed E-state index contributed by atoms with van der Waals surface area (Å²) < 4.78 is 0. The zero-order valence-electron chi connectivity index (χ0n) is 11.8. The molecule has 1 N–H and O–H groups in total. The maximum absolute atomic E-state index is 12.1. The van der Waals surface area contributed by atoms with Crippen LogP contribution in [0, 0.1) is 11.3 Å². The molecule has 19 heavy (non-hydrogen) atoms. The minimum absolute atomic E-state index is 0.0592. The number of amides is 1.